The minimum atomic E-state index is 0.00175. The number of benzene rings is 1. The number of thiophene rings is 1. The second-order valence-corrected chi connectivity index (χ2v) is 8.31. The third kappa shape index (κ3) is 5.55. The van der Waals surface area contributed by atoms with Gasteiger partial charge in [-0.3, -0.25) is 14.8 Å². The van der Waals surface area contributed by atoms with E-state index in [4.69, 9.17) is 0 Å². The van der Waals surface area contributed by atoms with Gasteiger partial charge < -0.3 is 20.4 Å². The number of anilines is 2. The van der Waals surface area contributed by atoms with Gasteiger partial charge in [0.15, 0.2) is 0 Å². The molecule has 0 saturated carbocycles. The maximum atomic E-state index is 11.8. The predicted molar refractivity (Wildman–Crippen MR) is 128 cm³/mol. The van der Waals surface area contributed by atoms with Crippen molar-refractivity contribution in [2.45, 2.75) is 6.92 Å². The molecule has 7 nitrogen and oxygen atoms in total. The number of nitrogens with zero attached hydrogens (tertiary/aromatic N) is 4. The Bertz CT molecular complexity index is 948. The zero-order valence-corrected chi connectivity index (χ0v) is 18.5. The van der Waals surface area contributed by atoms with Gasteiger partial charge in [-0.15, -0.1) is 11.3 Å². The summed E-state index contributed by atoms with van der Waals surface area (Å²) in [5.41, 5.74) is 3.21. The summed E-state index contributed by atoms with van der Waals surface area (Å²) in [7, 11) is 3.74. The van der Waals surface area contributed by atoms with Gasteiger partial charge in [-0.25, -0.2) is 0 Å². The molecule has 158 valence electrons. The summed E-state index contributed by atoms with van der Waals surface area (Å²) in [5.74, 6) is 0.862. The van der Waals surface area contributed by atoms with E-state index in [9.17, 15) is 4.79 Å². The number of allylic oxidation sites excluding steroid dienone is 1. The Morgan fingerprint density at radius 3 is 2.83 bits per heavy atom. The van der Waals surface area contributed by atoms with Gasteiger partial charge in [-0.05, 0) is 39.4 Å². The molecular formula is C22H28N6OS. The van der Waals surface area contributed by atoms with Gasteiger partial charge in [-0.1, -0.05) is 30.3 Å². The molecule has 1 aromatic carbocycles. The number of rotatable bonds is 8. The van der Waals surface area contributed by atoms with Gasteiger partial charge in [0.05, 0.1) is 25.3 Å². The molecule has 0 bridgehead atoms. The molecule has 1 aliphatic rings. The van der Waals surface area contributed by atoms with Crippen LogP contribution in [0.5, 0.6) is 0 Å². The summed E-state index contributed by atoms with van der Waals surface area (Å²) < 4.78 is 0. The van der Waals surface area contributed by atoms with Crippen LogP contribution in [0.3, 0.4) is 0 Å². The molecule has 0 unspecified atom stereocenters. The molecule has 1 aliphatic heterocycles. The lowest BCUT2D eigenvalue weighted by Crippen LogP contribution is -2.37. The zero-order chi connectivity index (χ0) is 21.5. The summed E-state index contributed by atoms with van der Waals surface area (Å²) in [6.45, 7) is 7.62. The van der Waals surface area contributed by atoms with Crippen LogP contribution in [0.1, 0.15) is 6.92 Å². The van der Waals surface area contributed by atoms with Crippen LogP contribution in [-0.2, 0) is 4.79 Å². The van der Waals surface area contributed by atoms with Crippen molar-refractivity contribution in [3.63, 3.8) is 0 Å². The molecule has 2 N–H and O–H groups in total. The van der Waals surface area contributed by atoms with Gasteiger partial charge in [-0.2, -0.15) is 0 Å². The number of hydrogen-bond donors (Lipinski definition) is 2. The second-order valence-electron chi connectivity index (χ2n) is 7.28. The summed E-state index contributed by atoms with van der Waals surface area (Å²) in [6.07, 6.45) is 1.76. The second kappa shape index (κ2) is 10.2. The van der Waals surface area contributed by atoms with Crippen LogP contribution < -0.4 is 15.5 Å². The fourth-order valence-electron chi connectivity index (χ4n) is 3.14. The first-order valence-electron chi connectivity index (χ1n) is 9.79. The molecule has 30 heavy (non-hydrogen) atoms. The molecule has 2 heterocycles. The highest BCUT2D eigenvalue weighted by atomic mass is 32.1. The molecule has 0 saturated heterocycles. The molecule has 1 aromatic heterocycles. The summed E-state index contributed by atoms with van der Waals surface area (Å²) in [4.78, 5) is 25.6. The van der Waals surface area contributed by atoms with Gasteiger partial charge in [0, 0.05) is 23.3 Å². The maximum absolute atomic E-state index is 11.8. The van der Waals surface area contributed by atoms with Crippen LogP contribution in [0, 0.1) is 0 Å². The molecule has 1 amide bonds. The van der Waals surface area contributed by atoms with Crippen LogP contribution in [0.2, 0.25) is 0 Å². The largest absolute Gasteiger partial charge is 0.353 e. The Morgan fingerprint density at radius 2 is 2.13 bits per heavy atom. The fourth-order valence-corrected chi connectivity index (χ4v) is 4.32. The summed E-state index contributed by atoms with van der Waals surface area (Å²) in [5, 5.41) is 7.48. The monoisotopic (exact) mass is 424 g/mol. The number of aliphatic imine (C=N–C) groups is 2. The van der Waals surface area contributed by atoms with Crippen LogP contribution in [-0.4, -0.2) is 63.6 Å². The van der Waals surface area contributed by atoms with Crippen LogP contribution >= 0.6 is 11.3 Å². The quantitative estimate of drug-likeness (QED) is 0.504. The highest BCUT2D eigenvalue weighted by Crippen LogP contribution is 2.44. The van der Waals surface area contributed by atoms with E-state index >= 15 is 0 Å². The van der Waals surface area contributed by atoms with Gasteiger partial charge in [0.2, 0.25) is 5.91 Å². The van der Waals surface area contributed by atoms with Crippen molar-refractivity contribution < 1.29 is 4.79 Å². The van der Waals surface area contributed by atoms with E-state index in [-0.39, 0.29) is 5.91 Å². The Kier molecular flexibility index (Phi) is 7.37. The smallest absolute Gasteiger partial charge is 0.234 e. The Morgan fingerprint density at radius 1 is 1.37 bits per heavy atom. The number of carbonyl (C=O) groups is 1. The van der Waals surface area contributed by atoms with E-state index in [2.05, 4.69) is 50.4 Å². The normalized spacial score (nSPS) is 15.1. The summed E-state index contributed by atoms with van der Waals surface area (Å²) >= 11 is 1.73. The molecule has 0 fully saturated rings. The number of fused-ring (bicyclic) bond motifs is 1. The minimum Gasteiger partial charge on any atom is -0.353 e. The minimum absolute atomic E-state index is 0.00175. The third-order valence-corrected chi connectivity index (χ3v) is 5.71. The van der Waals surface area contributed by atoms with Crippen molar-refractivity contribution in [3.8, 4) is 10.4 Å². The number of hydrogen-bond acceptors (Lipinski definition) is 6. The van der Waals surface area contributed by atoms with Crippen molar-refractivity contribution in [2.24, 2.45) is 9.98 Å². The topological polar surface area (TPSA) is 72.3 Å². The van der Waals surface area contributed by atoms with Crippen molar-refractivity contribution in [1.29, 1.82) is 0 Å². The summed E-state index contributed by atoms with van der Waals surface area (Å²) in [6, 6.07) is 12.5. The SMILES string of the molecule is C=N/C=C(/C)N1CC(=NCCNC(=O)CN(C)C)Nc2cc(-c3ccccc3)sc21. The lowest BCUT2D eigenvalue weighted by Gasteiger charge is -2.30. The van der Waals surface area contributed by atoms with E-state index < -0.39 is 0 Å². The molecule has 3 rings (SSSR count). The fraction of sp³-hybridized carbons (Fsp3) is 0.318. The molecule has 2 aromatic rings. The van der Waals surface area contributed by atoms with E-state index in [1.807, 2.05) is 44.1 Å². The van der Waals surface area contributed by atoms with Gasteiger partial charge >= 0.3 is 0 Å². The Hall–Kier alpha value is -2.97. The first-order valence-corrected chi connectivity index (χ1v) is 10.6. The number of likely N-dealkylation sites (N-methyl/N-ethyl adjacent to an activating group) is 1. The number of carbonyl (C=O) groups excluding carboxylic acids is 1. The van der Waals surface area contributed by atoms with E-state index in [0.717, 1.165) is 22.2 Å². The molecule has 0 spiro atoms. The first kappa shape index (κ1) is 21.7. The van der Waals surface area contributed by atoms with Crippen molar-refractivity contribution in [2.75, 3.05) is 50.5 Å². The third-order valence-electron chi connectivity index (χ3n) is 4.50. The highest BCUT2D eigenvalue weighted by molar-refractivity contribution is 7.20. The van der Waals surface area contributed by atoms with Crippen molar-refractivity contribution in [3.05, 3.63) is 48.3 Å². The van der Waals surface area contributed by atoms with Gasteiger partial charge in [0.25, 0.3) is 0 Å². The van der Waals surface area contributed by atoms with E-state index in [0.29, 0.717) is 26.2 Å². The number of nitrogens with one attached hydrogen (secondary N) is 2. The van der Waals surface area contributed by atoms with Crippen molar-refractivity contribution in [1.82, 2.24) is 10.2 Å². The molecule has 0 atom stereocenters. The Labute approximate surface area is 181 Å². The highest BCUT2D eigenvalue weighted by Gasteiger charge is 2.25. The average Bonchev–Trinajstić information content (AvgIpc) is 3.15. The molecule has 0 radical (unpaired) electrons. The molecular weight excluding hydrogens is 396 g/mol. The zero-order valence-electron chi connectivity index (χ0n) is 17.7. The lowest BCUT2D eigenvalue weighted by molar-refractivity contribution is -0.121. The van der Waals surface area contributed by atoms with E-state index in [1.54, 1.807) is 17.5 Å². The van der Waals surface area contributed by atoms with Crippen LogP contribution in [0.15, 0.2) is 58.3 Å². The molecule has 0 aliphatic carbocycles. The molecule has 8 heteroatoms. The number of amidine groups is 1. The average molecular weight is 425 g/mol. The van der Waals surface area contributed by atoms with Crippen LogP contribution in [0.25, 0.3) is 10.4 Å². The lowest BCUT2D eigenvalue weighted by atomic mass is 10.2. The standard InChI is InChI=1S/C22H28N6OS/c1-16(13-23-2)28-14-20(24-10-11-25-21(29)15-27(3)4)26-18-12-19(30-22(18)28)17-8-6-5-7-9-17/h5-9,12-13H,2,10-11,14-15H2,1,3-4H3,(H,24,26)(H,25,29)/b16-13-. The van der Waals surface area contributed by atoms with Crippen molar-refractivity contribution >= 4 is 40.5 Å². The first-order chi connectivity index (χ1) is 14.5. The van der Waals surface area contributed by atoms with Crippen LogP contribution in [0.4, 0.5) is 10.7 Å². The number of amides is 1. The van der Waals surface area contributed by atoms with E-state index in [1.165, 1.54) is 10.4 Å². The predicted octanol–water partition coefficient (Wildman–Crippen LogP) is 3.29. The van der Waals surface area contributed by atoms with Gasteiger partial charge in [0.1, 0.15) is 10.8 Å². The Balaban J connectivity index is 1.77. The maximum Gasteiger partial charge on any atom is 0.234 e.